The number of carbonyl (C=O) groups is 1. The first-order valence-corrected chi connectivity index (χ1v) is 8.99. The van der Waals surface area contributed by atoms with E-state index in [0.717, 1.165) is 9.09 Å². The van der Waals surface area contributed by atoms with Gasteiger partial charge in [0.25, 0.3) is 5.69 Å². The van der Waals surface area contributed by atoms with Crippen LogP contribution in [0.1, 0.15) is 26.8 Å². The summed E-state index contributed by atoms with van der Waals surface area (Å²) in [5.74, 6) is -0.267. The minimum absolute atomic E-state index is 0.00885. The van der Waals surface area contributed by atoms with Crippen LogP contribution in [0.4, 0.5) is 5.69 Å². The Balaban J connectivity index is 1.75. The number of ether oxygens (including phenoxy) is 1. The third-order valence-corrected chi connectivity index (χ3v) is 4.71. The van der Waals surface area contributed by atoms with Crippen molar-refractivity contribution in [3.8, 4) is 0 Å². The molecule has 0 amide bonds. The van der Waals surface area contributed by atoms with Gasteiger partial charge in [-0.25, -0.2) is 0 Å². The maximum Gasteiger partial charge on any atom is 0.320 e. The van der Waals surface area contributed by atoms with Crippen molar-refractivity contribution in [3.63, 3.8) is 0 Å². The second-order valence-corrected chi connectivity index (χ2v) is 8.12. The summed E-state index contributed by atoms with van der Waals surface area (Å²) in [5, 5.41) is 16.6. The van der Waals surface area contributed by atoms with Gasteiger partial charge in [-0.3, -0.25) is 24.5 Å². The number of aromatic nitrogens is 2. The van der Waals surface area contributed by atoms with Crippen molar-refractivity contribution in [1.82, 2.24) is 14.7 Å². The summed E-state index contributed by atoms with van der Waals surface area (Å²) >= 11 is 2.09. The van der Waals surface area contributed by atoms with Crippen LogP contribution >= 0.6 is 22.6 Å². The van der Waals surface area contributed by atoms with Crippen LogP contribution < -0.4 is 0 Å². The van der Waals surface area contributed by atoms with Gasteiger partial charge in [0.1, 0.15) is 14.8 Å². The number of hydrogen-bond acceptors (Lipinski definition) is 6. The van der Waals surface area contributed by atoms with Crippen LogP contribution in [0.2, 0.25) is 0 Å². The second kappa shape index (κ2) is 6.52. The van der Waals surface area contributed by atoms with Crippen molar-refractivity contribution in [1.29, 1.82) is 0 Å². The zero-order chi connectivity index (χ0) is 18.4. The molecule has 0 bridgehead atoms. The Morgan fingerprint density at radius 1 is 1.44 bits per heavy atom. The van der Waals surface area contributed by atoms with Gasteiger partial charge >= 0.3 is 5.97 Å². The fourth-order valence-corrected chi connectivity index (χ4v) is 3.60. The molecule has 2 heterocycles. The lowest BCUT2D eigenvalue weighted by Gasteiger charge is -2.39. The number of non-ortho nitro benzene ring substituents is 1. The van der Waals surface area contributed by atoms with Crippen molar-refractivity contribution >= 4 is 45.2 Å². The molecule has 9 heteroatoms. The molecule has 8 nitrogen and oxygen atoms in total. The quantitative estimate of drug-likeness (QED) is 0.303. The van der Waals surface area contributed by atoms with Crippen LogP contribution in [-0.4, -0.2) is 50.8 Å². The predicted octanol–water partition coefficient (Wildman–Crippen LogP) is 2.75. The Morgan fingerprint density at radius 2 is 2.12 bits per heavy atom. The molecular weight excluding hydrogens is 439 g/mol. The number of carbonyl (C=O) groups excluding carboxylic acids is 1. The molecule has 0 saturated carbocycles. The number of benzene rings is 1. The summed E-state index contributed by atoms with van der Waals surface area (Å²) in [4.78, 5) is 24.8. The zero-order valence-electron chi connectivity index (χ0n) is 14.2. The van der Waals surface area contributed by atoms with Crippen LogP contribution in [0.15, 0.2) is 18.2 Å². The average Bonchev–Trinajstić information content (AvgIpc) is 2.77. The number of nitro benzene ring substituents is 1. The van der Waals surface area contributed by atoms with Gasteiger partial charge in [0, 0.05) is 24.5 Å². The summed E-state index contributed by atoms with van der Waals surface area (Å²) in [6.07, 6.45) is 0. The first-order valence-electron chi connectivity index (χ1n) is 7.91. The van der Waals surface area contributed by atoms with E-state index in [4.69, 9.17) is 4.74 Å². The Morgan fingerprint density at radius 3 is 2.72 bits per heavy atom. The highest BCUT2D eigenvalue weighted by molar-refractivity contribution is 14.1. The van der Waals surface area contributed by atoms with Gasteiger partial charge in [0.05, 0.1) is 17.5 Å². The summed E-state index contributed by atoms with van der Waals surface area (Å²) in [5.41, 5.74) is 0.0910. The minimum Gasteiger partial charge on any atom is -0.459 e. The molecule has 0 aliphatic carbocycles. The van der Waals surface area contributed by atoms with Crippen LogP contribution in [0.25, 0.3) is 10.9 Å². The van der Waals surface area contributed by atoms with Crippen molar-refractivity contribution < 1.29 is 14.5 Å². The number of fused-ring (bicyclic) bond motifs is 1. The molecular formula is C16H19IN4O4. The number of nitro groups is 1. The topological polar surface area (TPSA) is 90.5 Å². The maximum atomic E-state index is 11.9. The van der Waals surface area contributed by atoms with E-state index in [0.29, 0.717) is 18.6 Å². The van der Waals surface area contributed by atoms with E-state index in [1.807, 2.05) is 31.7 Å². The third kappa shape index (κ3) is 3.76. The van der Waals surface area contributed by atoms with E-state index in [-0.39, 0.29) is 29.2 Å². The normalized spacial score (nSPS) is 16.0. The second-order valence-electron chi connectivity index (χ2n) is 7.10. The van der Waals surface area contributed by atoms with Crippen LogP contribution in [0.5, 0.6) is 0 Å². The molecule has 0 unspecified atom stereocenters. The smallest absolute Gasteiger partial charge is 0.320 e. The van der Waals surface area contributed by atoms with E-state index < -0.39 is 5.60 Å². The molecule has 2 aromatic rings. The Bertz CT molecular complexity index is 837. The van der Waals surface area contributed by atoms with Crippen LogP contribution in [-0.2, 0) is 9.53 Å². The molecule has 0 N–H and O–H groups in total. The van der Waals surface area contributed by atoms with Gasteiger partial charge in [0.2, 0.25) is 0 Å². The van der Waals surface area contributed by atoms with Crippen molar-refractivity contribution in [3.05, 3.63) is 32.0 Å². The number of para-hydroxylation sites is 1. The highest BCUT2D eigenvalue weighted by Gasteiger charge is 2.34. The molecule has 1 aromatic carbocycles. The zero-order valence-corrected chi connectivity index (χ0v) is 16.4. The molecule has 1 fully saturated rings. The first-order chi connectivity index (χ1) is 11.7. The highest BCUT2D eigenvalue weighted by atomic mass is 127. The van der Waals surface area contributed by atoms with Gasteiger partial charge in [-0.15, -0.1) is 0 Å². The monoisotopic (exact) mass is 458 g/mol. The fraction of sp³-hybridized carbons (Fsp3) is 0.500. The summed E-state index contributed by atoms with van der Waals surface area (Å²) in [7, 11) is 0. The summed E-state index contributed by atoms with van der Waals surface area (Å²) in [6, 6.07) is 5.01. The molecule has 1 aromatic heterocycles. The Labute approximate surface area is 158 Å². The van der Waals surface area contributed by atoms with Gasteiger partial charge in [-0.1, -0.05) is 6.07 Å². The molecule has 3 rings (SSSR count). The van der Waals surface area contributed by atoms with E-state index in [1.54, 1.807) is 10.7 Å². The van der Waals surface area contributed by atoms with Crippen LogP contribution in [0, 0.1) is 13.8 Å². The molecule has 134 valence electrons. The Kier molecular flexibility index (Phi) is 4.71. The van der Waals surface area contributed by atoms with E-state index in [9.17, 15) is 14.9 Å². The highest BCUT2D eigenvalue weighted by Crippen LogP contribution is 2.33. The van der Waals surface area contributed by atoms with E-state index in [2.05, 4.69) is 27.7 Å². The lowest BCUT2D eigenvalue weighted by Crippen LogP contribution is -2.50. The van der Waals surface area contributed by atoms with Gasteiger partial charge in [0.15, 0.2) is 0 Å². The predicted molar refractivity (Wildman–Crippen MR) is 100 cm³/mol. The molecule has 0 spiro atoms. The van der Waals surface area contributed by atoms with Crippen molar-refractivity contribution in [2.75, 3.05) is 19.6 Å². The molecule has 0 atom stereocenters. The Hall–Kier alpha value is -1.75. The SMILES string of the molecule is CC(C)(C)OC(=O)CN1CC(n2nc(I)c3cccc([N+](=O)[O-])c32)C1. The van der Waals surface area contributed by atoms with Crippen LogP contribution in [0.3, 0.4) is 0 Å². The molecule has 0 radical (unpaired) electrons. The van der Waals surface area contributed by atoms with Gasteiger partial charge in [-0.05, 0) is 49.4 Å². The van der Waals surface area contributed by atoms with Gasteiger partial charge in [-0.2, -0.15) is 5.10 Å². The number of esters is 1. The lowest BCUT2D eigenvalue weighted by molar-refractivity contribution is -0.383. The lowest BCUT2D eigenvalue weighted by atomic mass is 10.1. The van der Waals surface area contributed by atoms with E-state index >= 15 is 0 Å². The first kappa shape index (κ1) is 18.1. The average molecular weight is 458 g/mol. The minimum atomic E-state index is -0.504. The fourth-order valence-electron chi connectivity index (χ4n) is 2.93. The number of likely N-dealkylation sites (tertiary alicyclic amines) is 1. The standard InChI is InChI=1S/C16H19IN4O4/c1-16(2,3)25-13(22)9-19-7-10(8-19)20-14-11(15(17)18-20)5-4-6-12(14)21(23)24/h4-6,10H,7-9H2,1-3H3. The molecule has 1 saturated heterocycles. The summed E-state index contributed by atoms with van der Waals surface area (Å²) in [6.45, 7) is 6.94. The van der Waals surface area contributed by atoms with Gasteiger partial charge < -0.3 is 4.74 Å². The number of nitrogens with zero attached hydrogens (tertiary/aromatic N) is 4. The summed E-state index contributed by atoms with van der Waals surface area (Å²) < 4.78 is 7.78. The van der Waals surface area contributed by atoms with Crippen molar-refractivity contribution in [2.24, 2.45) is 0 Å². The largest absolute Gasteiger partial charge is 0.459 e. The number of halogens is 1. The molecule has 1 aliphatic rings. The molecule has 1 aliphatic heterocycles. The molecule has 25 heavy (non-hydrogen) atoms. The maximum absolute atomic E-state index is 11.9. The van der Waals surface area contributed by atoms with Crippen molar-refractivity contribution in [2.45, 2.75) is 32.4 Å². The number of rotatable bonds is 4. The number of hydrogen-bond donors (Lipinski definition) is 0. The van der Waals surface area contributed by atoms with E-state index in [1.165, 1.54) is 6.07 Å². The third-order valence-electron chi connectivity index (χ3n) is 3.91.